The molecule has 0 spiro atoms. The van der Waals surface area contributed by atoms with Gasteiger partial charge < -0.3 is 13.8 Å². The van der Waals surface area contributed by atoms with Crippen LogP contribution in [0, 0.1) is 13.8 Å². The van der Waals surface area contributed by atoms with E-state index in [0.29, 0.717) is 23.7 Å². The number of hydrogen-bond acceptors (Lipinski definition) is 6. The van der Waals surface area contributed by atoms with Gasteiger partial charge in [-0.2, -0.15) is 0 Å². The fourth-order valence-electron chi connectivity index (χ4n) is 3.36. The van der Waals surface area contributed by atoms with E-state index in [9.17, 15) is 4.79 Å². The summed E-state index contributed by atoms with van der Waals surface area (Å²) in [5, 5.41) is 4.98. The molecule has 4 rings (SSSR count). The smallest absolute Gasteiger partial charge is 0.251 e. The van der Waals surface area contributed by atoms with Gasteiger partial charge in [-0.15, -0.1) is 0 Å². The Morgan fingerprint density at radius 2 is 1.93 bits per heavy atom. The summed E-state index contributed by atoms with van der Waals surface area (Å²) < 4.78 is 12.7. The average Bonchev–Trinajstić information content (AvgIpc) is 3.02. The maximum Gasteiger partial charge on any atom is 0.251 e. The van der Waals surface area contributed by atoms with Crippen molar-refractivity contribution in [3.05, 3.63) is 70.4 Å². The van der Waals surface area contributed by atoms with Crippen molar-refractivity contribution in [2.45, 2.75) is 20.4 Å². The SMILES string of the molecule is COc1ccc2ccc(=O)n(Cc3cnccn3)c2c1-c1c(C)noc1C. The quantitative estimate of drug-likeness (QED) is 0.555. The van der Waals surface area contributed by atoms with Gasteiger partial charge in [0.1, 0.15) is 11.5 Å². The Morgan fingerprint density at radius 1 is 1.11 bits per heavy atom. The molecule has 0 saturated heterocycles. The number of fused-ring (bicyclic) bond motifs is 1. The molecule has 0 aliphatic heterocycles. The number of aryl methyl sites for hydroxylation is 2. The van der Waals surface area contributed by atoms with E-state index in [0.717, 1.165) is 27.7 Å². The highest BCUT2D eigenvalue weighted by Crippen LogP contribution is 2.39. The molecular formula is C20H18N4O3. The van der Waals surface area contributed by atoms with Crippen LogP contribution in [-0.4, -0.2) is 26.8 Å². The molecule has 7 nitrogen and oxygen atoms in total. The number of nitrogens with zero attached hydrogens (tertiary/aromatic N) is 4. The van der Waals surface area contributed by atoms with Crippen molar-refractivity contribution < 1.29 is 9.26 Å². The van der Waals surface area contributed by atoms with Crippen LogP contribution >= 0.6 is 0 Å². The van der Waals surface area contributed by atoms with Gasteiger partial charge in [-0.3, -0.25) is 14.8 Å². The van der Waals surface area contributed by atoms with Crippen molar-refractivity contribution in [1.29, 1.82) is 0 Å². The summed E-state index contributed by atoms with van der Waals surface area (Å²) in [6.07, 6.45) is 4.87. The molecule has 0 saturated carbocycles. The van der Waals surface area contributed by atoms with Gasteiger partial charge in [0.2, 0.25) is 0 Å². The lowest BCUT2D eigenvalue weighted by Gasteiger charge is -2.16. The summed E-state index contributed by atoms with van der Waals surface area (Å²) in [5.74, 6) is 1.32. The van der Waals surface area contributed by atoms with Crippen LogP contribution in [0.2, 0.25) is 0 Å². The van der Waals surface area contributed by atoms with Crippen LogP contribution in [0.4, 0.5) is 0 Å². The Balaban J connectivity index is 2.09. The maximum atomic E-state index is 12.8. The predicted molar refractivity (Wildman–Crippen MR) is 101 cm³/mol. The van der Waals surface area contributed by atoms with Crippen LogP contribution in [0.1, 0.15) is 17.1 Å². The Hall–Kier alpha value is -3.48. The first-order valence-electron chi connectivity index (χ1n) is 8.49. The number of pyridine rings is 1. The molecule has 7 heteroatoms. The van der Waals surface area contributed by atoms with Crippen molar-refractivity contribution in [1.82, 2.24) is 19.7 Å². The second kappa shape index (κ2) is 6.68. The summed E-state index contributed by atoms with van der Waals surface area (Å²) in [6.45, 7) is 4.02. The highest BCUT2D eigenvalue weighted by atomic mass is 16.5. The maximum absolute atomic E-state index is 12.8. The zero-order valence-corrected chi connectivity index (χ0v) is 15.3. The van der Waals surface area contributed by atoms with Crippen molar-refractivity contribution >= 4 is 10.9 Å². The molecule has 3 aromatic heterocycles. The molecule has 0 atom stereocenters. The third kappa shape index (κ3) is 2.87. The third-order valence-corrected chi connectivity index (χ3v) is 4.55. The summed E-state index contributed by atoms with van der Waals surface area (Å²) >= 11 is 0. The van der Waals surface area contributed by atoms with Gasteiger partial charge in [0.15, 0.2) is 0 Å². The Labute approximate surface area is 155 Å². The molecule has 0 N–H and O–H groups in total. The number of hydrogen-bond donors (Lipinski definition) is 0. The standard InChI is InChI=1S/C20H18N4O3/c1-12-18(13(2)27-23-12)19-16(26-3)6-4-14-5-7-17(25)24(20(14)19)11-15-10-21-8-9-22-15/h4-10H,11H2,1-3H3. The van der Waals surface area contributed by atoms with Gasteiger partial charge in [0.25, 0.3) is 5.56 Å². The number of ether oxygens (including phenoxy) is 1. The highest BCUT2D eigenvalue weighted by molar-refractivity contribution is 5.98. The molecule has 1 aromatic carbocycles. The van der Waals surface area contributed by atoms with Crippen LogP contribution < -0.4 is 10.3 Å². The van der Waals surface area contributed by atoms with E-state index in [4.69, 9.17) is 9.26 Å². The number of aromatic nitrogens is 4. The normalized spacial score (nSPS) is 11.1. The van der Waals surface area contributed by atoms with Crippen LogP contribution in [0.25, 0.3) is 22.0 Å². The van der Waals surface area contributed by atoms with Crippen molar-refractivity contribution in [3.63, 3.8) is 0 Å². The third-order valence-electron chi connectivity index (χ3n) is 4.55. The molecule has 0 aliphatic carbocycles. The van der Waals surface area contributed by atoms with Crippen LogP contribution in [0.5, 0.6) is 5.75 Å². The lowest BCUT2D eigenvalue weighted by Crippen LogP contribution is -2.21. The molecule has 0 unspecified atom stereocenters. The summed E-state index contributed by atoms with van der Waals surface area (Å²) in [5.41, 5.74) is 3.67. The van der Waals surface area contributed by atoms with E-state index in [1.165, 1.54) is 0 Å². The van der Waals surface area contributed by atoms with E-state index in [-0.39, 0.29) is 5.56 Å². The largest absolute Gasteiger partial charge is 0.496 e. The first-order chi connectivity index (χ1) is 13.1. The minimum atomic E-state index is -0.130. The average molecular weight is 362 g/mol. The van der Waals surface area contributed by atoms with Crippen molar-refractivity contribution in [2.24, 2.45) is 0 Å². The molecular weight excluding hydrogens is 344 g/mol. The fourth-order valence-corrected chi connectivity index (χ4v) is 3.36. The van der Waals surface area contributed by atoms with Gasteiger partial charge in [0, 0.05) is 18.5 Å². The molecule has 0 bridgehead atoms. The zero-order valence-electron chi connectivity index (χ0n) is 15.3. The minimum absolute atomic E-state index is 0.130. The van der Waals surface area contributed by atoms with Crippen molar-refractivity contribution in [3.8, 4) is 16.9 Å². The predicted octanol–water partition coefficient (Wildman–Crippen LogP) is 3.12. The highest BCUT2D eigenvalue weighted by Gasteiger charge is 2.21. The van der Waals surface area contributed by atoms with Gasteiger partial charge >= 0.3 is 0 Å². The number of rotatable bonds is 4. The van der Waals surface area contributed by atoms with E-state index in [1.807, 2.05) is 32.0 Å². The van der Waals surface area contributed by atoms with Gasteiger partial charge in [0.05, 0.1) is 47.9 Å². The topological polar surface area (TPSA) is 83.0 Å². The molecule has 27 heavy (non-hydrogen) atoms. The van der Waals surface area contributed by atoms with Gasteiger partial charge in [-0.25, -0.2) is 0 Å². The number of benzene rings is 1. The fraction of sp³-hybridized carbons (Fsp3) is 0.200. The zero-order chi connectivity index (χ0) is 19.0. The van der Waals surface area contributed by atoms with Gasteiger partial charge in [-0.05, 0) is 37.4 Å². The minimum Gasteiger partial charge on any atom is -0.496 e. The summed E-state index contributed by atoms with van der Waals surface area (Å²) in [7, 11) is 1.61. The Bertz CT molecular complexity index is 1160. The first-order valence-corrected chi connectivity index (χ1v) is 8.49. The lowest BCUT2D eigenvalue weighted by molar-refractivity contribution is 0.393. The second-order valence-corrected chi connectivity index (χ2v) is 6.23. The van der Waals surface area contributed by atoms with Crippen LogP contribution in [-0.2, 0) is 6.54 Å². The second-order valence-electron chi connectivity index (χ2n) is 6.23. The summed E-state index contributed by atoms with van der Waals surface area (Å²) in [6, 6.07) is 7.19. The molecule has 136 valence electrons. The lowest BCUT2D eigenvalue weighted by atomic mass is 9.99. The van der Waals surface area contributed by atoms with Crippen molar-refractivity contribution in [2.75, 3.05) is 7.11 Å². The van der Waals surface area contributed by atoms with E-state index in [2.05, 4.69) is 15.1 Å². The Kier molecular flexibility index (Phi) is 4.19. The summed E-state index contributed by atoms with van der Waals surface area (Å²) in [4.78, 5) is 21.2. The molecule has 0 amide bonds. The van der Waals surface area contributed by atoms with Gasteiger partial charge in [-0.1, -0.05) is 5.16 Å². The first kappa shape index (κ1) is 17.0. The van der Waals surface area contributed by atoms with Crippen LogP contribution in [0.15, 0.2) is 52.2 Å². The molecule has 3 heterocycles. The molecule has 4 aromatic rings. The van der Waals surface area contributed by atoms with Crippen LogP contribution in [0.3, 0.4) is 0 Å². The number of methoxy groups -OCH3 is 1. The van der Waals surface area contributed by atoms with E-state index >= 15 is 0 Å². The Morgan fingerprint density at radius 3 is 2.59 bits per heavy atom. The monoisotopic (exact) mass is 362 g/mol. The molecule has 0 fully saturated rings. The molecule has 0 aliphatic rings. The van der Waals surface area contributed by atoms with E-state index in [1.54, 1.807) is 36.3 Å². The van der Waals surface area contributed by atoms with E-state index < -0.39 is 0 Å². The molecule has 0 radical (unpaired) electrons.